The Morgan fingerprint density at radius 1 is 0.944 bits per heavy atom. The van der Waals surface area contributed by atoms with Gasteiger partial charge in [-0.15, -0.1) is 0 Å². The van der Waals surface area contributed by atoms with Gasteiger partial charge in [-0.25, -0.2) is 4.98 Å². The van der Waals surface area contributed by atoms with Crippen LogP contribution in [0, 0.1) is 0 Å². The molecule has 0 unspecified atom stereocenters. The molecule has 0 saturated heterocycles. The van der Waals surface area contributed by atoms with Crippen LogP contribution in [0.3, 0.4) is 0 Å². The van der Waals surface area contributed by atoms with Crippen molar-refractivity contribution in [1.29, 1.82) is 0 Å². The number of rotatable bonds is 2. The van der Waals surface area contributed by atoms with E-state index in [-0.39, 0.29) is 0 Å². The van der Waals surface area contributed by atoms with Crippen LogP contribution in [0.15, 0.2) is 54.7 Å². The van der Waals surface area contributed by atoms with Crippen LogP contribution in [-0.4, -0.2) is 9.38 Å². The van der Waals surface area contributed by atoms with E-state index < -0.39 is 0 Å². The molecule has 2 nitrogen and oxygen atoms in total. The summed E-state index contributed by atoms with van der Waals surface area (Å²) >= 11 is 0. The van der Waals surface area contributed by atoms with Crippen molar-refractivity contribution in [3.05, 3.63) is 60.6 Å². The molecular formula is C16H14N2. The van der Waals surface area contributed by atoms with E-state index in [0.717, 1.165) is 5.69 Å². The summed E-state index contributed by atoms with van der Waals surface area (Å²) in [6.07, 6.45) is 4.69. The molecule has 0 bridgehead atoms. The lowest BCUT2D eigenvalue weighted by Gasteiger charge is -1.98. The zero-order valence-electron chi connectivity index (χ0n) is 10.1. The second kappa shape index (κ2) is 3.70. The van der Waals surface area contributed by atoms with Gasteiger partial charge < -0.3 is 4.40 Å². The maximum atomic E-state index is 4.88. The van der Waals surface area contributed by atoms with Crippen molar-refractivity contribution in [1.82, 2.24) is 9.38 Å². The lowest BCUT2D eigenvalue weighted by molar-refractivity contribution is 0.922. The number of benzene rings is 1. The van der Waals surface area contributed by atoms with Crippen molar-refractivity contribution in [2.45, 2.75) is 18.8 Å². The first-order chi connectivity index (χ1) is 8.93. The normalized spacial score (nSPS) is 15.1. The fourth-order valence-electron chi connectivity index (χ4n) is 2.50. The molecule has 0 N–H and O–H groups in total. The van der Waals surface area contributed by atoms with Crippen LogP contribution in [0.5, 0.6) is 0 Å². The number of hydrogen-bond acceptors (Lipinski definition) is 1. The van der Waals surface area contributed by atoms with Crippen molar-refractivity contribution in [3.8, 4) is 11.3 Å². The highest BCUT2D eigenvalue weighted by molar-refractivity contribution is 5.77. The molecule has 2 heterocycles. The molecule has 1 saturated carbocycles. The van der Waals surface area contributed by atoms with Crippen LogP contribution in [0.2, 0.25) is 0 Å². The Labute approximate surface area is 106 Å². The minimum atomic E-state index is 0.664. The highest BCUT2D eigenvalue weighted by atomic mass is 15.0. The number of fused-ring (bicyclic) bond motifs is 1. The zero-order chi connectivity index (χ0) is 11.9. The fraction of sp³-hybridized carbons (Fsp3) is 0.188. The molecule has 1 aromatic carbocycles. The minimum absolute atomic E-state index is 0.664. The van der Waals surface area contributed by atoms with E-state index in [4.69, 9.17) is 4.98 Å². The molecular weight excluding hydrogens is 220 g/mol. The van der Waals surface area contributed by atoms with Crippen LogP contribution in [0.4, 0.5) is 0 Å². The number of pyridine rings is 1. The molecule has 4 rings (SSSR count). The lowest BCUT2D eigenvalue weighted by atomic mass is 10.1. The molecule has 1 fully saturated rings. The minimum Gasteiger partial charge on any atom is -0.303 e. The molecule has 1 aliphatic rings. The van der Waals surface area contributed by atoms with E-state index in [1.807, 2.05) is 6.07 Å². The zero-order valence-corrected chi connectivity index (χ0v) is 10.1. The first-order valence-corrected chi connectivity index (χ1v) is 6.46. The quantitative estimate of drug-likeness (QED) is 0.657. The van der Waals surface area contributed by atoms with Crippen molar-refractivity contribution in [2.24, 2.45) is 0 Å². The molecule has 0 amide bonds. The number of hydrogen-bond donors (Lipinski definition) is 0. The van der Waals surface area contributed by atoms with Gasteiger partial charge in [0.05, 0.1) is 11.2 Å². The molecule has 18 heavy (non-hydrogen) atoms. The predicted octanol–water partition coefficient (Wildman–Crippen LogP) is 3.88. The highest BCUT2D eigenvalue weighted by Gasteiger charge is 2.29. The Morgan fingerprint density at radius 3 is 2.50 bits per heavy atom. The van der Waals surface area contributed by atoms with Gasteiger partial charge in [0.2, 0.25) is 0 Å². The van der Waals surface area contributed by atoms with Crippen molar-refractivity contribution in [2.75, 3.05) is 0 Å². The maximum absolute atomic E-state index is 4.88. The average Bonchev–Trinajstić information content (AvgIpc) is 3.21. The van der Waals surface area contributed by atoms with Gasteiger partial charge in [0.25, 0.3) is 0 Å². The summed E-state index contributed by atoms with van der Waals surface area (Å²) in [5.74, 6) is 1.89. The van der Waals surface area contributed by atoms with Gasteiger partial charge in [-0.3, -0.25) is 0 Å². The topological polar surface area (TPSA) is 17.3 Å². The fourth-order valence-corrected chi connectivity index (χ4v) is 2.50. The third kappa shape index (κ3) is 1.46. The Kier molecular flexibility index (Phi) is 2.04. The van der Waals surface area contributed by atoms with Crippen LogP contribution in [0.25, 0.3) is 16.8 Å². The summed E-state index contributed by atoms with van der Waals surface area (Å²) in [6.45, 7) is 0. The largest absolute Gasteiger partial charge is 0.303 e. The van der Waals surface area contributed by atoms with Gasteiger partial charge in [0.15, 0.2) is 0 Å². The Hall–Kier alpha value is -2.09. The predicted molar refractivity (Wildman–Crippen MR) is 72.6 cm³/mol. The van der Waals surface area contributed by atoms with E-state index in [2.05, 4.69) is 53.1 Å². The van der Waals surface area contributed by atoms with Gasteiger partial charge in [-0.05, 0) is 25.0 Å². The Balaban J connectivity index is 2.00. The molecule has 0 atom stereocenters. The Morgan fingerprint density at radius 2 is 1.72 bits per heavy atom. The second-order valence-electron chi connectivity index (χ2n) is 4.91. The monoisotopic (exact) mass is 234 g/mol. The summed E-state index contributed by atoms with van der Waals surface area (Å²) in [6, 6.07) is 16.8. The molecule has 0 spiro atoms. The molecule has 1 aliphatic carbocycles. The van der Waals surface area contributed by atoms with Crippen LogP contribution in [-0.2, 0) is 0 Å². The van der Waals surface area contributed by atoms with Crippen LogP contribution < -0.4 is 0 Å². The molecule has 88 valence electrons. The van der Waals surface area contributed by atoms with Gasteiger partial charge in [-0.2, -0.15) is 0 Å². The molecule has 2 aromatic heterocycles. The maximum Gasteiger partial charge on any atom is 0.117 e. The third-order valence-corrected chi connectivity index (χ3v) is 3.57. The van der Waals surface area contributed by atoms with E-state index in [9.17, 15) is 0 Å². The smallest absolute Gasteiger partial charge is 0.117 e. The van der Waals surface area contributed by atoms with E-state index in [0.29, 0.717) is 5.92 Å². The summed E-state index contributed by atoms with van der Waals surface area (Å²) in [5, 5.41) is 0. The lowest BCUT2D eigenvalue weighted by Crippen LogP contribution is -1.90. The molecule has 0 radical (unpaired) electrons. The summed E-state index contributed by atoms with van der Waals surface area (Å²) in [5.41, 5.74) is 3.52. The van der Waals surface area contributed by atoms with Crippen LogP contribution >= 0.6 is 0 Å². The van der Waals surface area contributed by atoms with Crippen LogP contribution in [0.1, 0.15) is 24.6 Å². The van der Waals surface area contributed by atoms with E-state index in [1.165, 1.54) is 29.7 Å². The van der Waals surface area contributed by atoms with Crippen molar-refractivity contribution < 1.29 is 0 Å². The summed E-state index contributed by atoms with van der Waals surface area (Å²) in [7, 11) is 0. The third-order valence-electron chi connectivity index (χ3n) is 3.57. The summed E-state index contributed by atoms with van der Waals surface area (Å²) < 4.78 is 2.25. The van der Waals surface area contributed by atoms with Crippen molar-refractivity contribution >= 4 is 5.52 Å². The molecule has 3 aromatic rings. The van der Waals surface area contributed by atoms with Gasteiger partial charge in [0.1, 0.15) is 5.82 Å². The first-order valence-electron chi connectivity index (χ1n) is 6.46. The van der Waals surface area contributed by atoms with Gasteiger partial charge >= 0.3 is 0 Å². The standard InChI is InChI=1S/C16H14N2/c1-2-6-12(7-3-1)15-14-8-4-5-11-18(14)16(17-15)13-9-10-13/h1-8,11,13H,9-10H2. The molecule has 2 heteroatoms. The number of imidazole rings is 1. The van der Waals surface area contributed by atoms with E-state index in [1.54, 1.807) is 0 Å². The number of nitrogens with zero attached hydrogens (tertiary/aromatic N) is 2. The first kappa shape index (κ1) is 9.89. The Bertz CT molecular complexity index is 693. The molecule has 0 aliphatic heterocycles. The van der Waals surface area contributed by atoms with E-state index >= 15 is 0 Å². The second-order valence-corrected chi connectivity index (χ2v) is 4.91. The average molecular weight is 234 g/mol. The highest BCUT2D eigenvalue weighted by Crippen LogP contribution is 2.41. The van der Waals surface area contributed by atoms with Gasteiger partial charge in [-0.1, -0.05) is 36.4 Å². The van der Waals surface area contributed by atoms with Crippen molar-refractivity contribution in [3.63, 3.8) is 0 Å². The summed E-state index contributed by atoms with van der Waals surface area (Å²) in [4.78, 5) is 4.88. The van der Waals surface area contributed by atoms with Gasteiger partial charge in [0, 0.05) is 17.7 Å². The number of aromatic nitrogens is 2. The SMILES string of the molecule is c1ccc(-c2nc(C3CC3)n3ccccc23)cc1.